The van der Waals surface area contributed by atoms with Crippen LogP contribution in [0.4, 0.5) is 0 Å². The minimum Gasteiger partial charge on any atom is -0.394 e. The van der Waals surface area contributed by atoms with E-state index in [-0.39, 0.29) is 0 Å². The third kappa shape index (κ3) is 20.4. The summed E-state index contributed by atoms with van der Waals surface area (Å²) < 4.78 is 116. The fourth-order valence-electron chi connectivity index (χ4n) is 15.3. The van der Waals surface area contributed by atoms with Gasteiger partial charge in [-0.15, -0.1) is 0 Å². The predicted molar refractivity (Wildman–Crippen MR) is 359 cm³/mol. The molecule has 50 nitrogen and oxygen atoms in total. The predicted octanol–water partition coefficient (Wildman–Crippen LogP) is -18.3. The molecule has 116 heavy (non-hydrogen) atoms. The van der Waals surface area contributed by atoms with E-state index in [1.54, 1.807) is 0 Å². The fraction of sp³-hybridized carbons (Fsp3) is 0.955. The molecule has 0 aromatic heterocycles. The van der Waals surface area contributed by atoms with Crippen LogP contribution in [0.3, 0.4) is 0 Å². The van der Waals surface area contributed by atoms with Gasteiger partial charge in [0.1, 0.15) is 220 Å². The maximum absolute atomic E-state index is 13.7. The molecule has 0 aromatic rings. The molecule has 0 aromatic carbocycles. The Morgan fingerprint density at radius 2 is 0.534 bits per heavy atom. The zero-order valence-corrected chi connectivity index (χ0v) is 63.3. The van der Waals surface area contributed by atoms with Crippen LogP contribution in [0.5, 0.6) is 0 Å². The van der Waals surface area contributed by atoms with E-state index in [4.69, 9.17) is 90.0 Å². The van der Waals surface area contributed by atoms with Crippen molar-refractivity contribution in [3.63, 3.8) is 0 Å². The van der Waals surface area contributed by atoms with Crippen molar-refractivity contribution in [2.75, 3.05) is 39.6 Å². The summed E-state index contributed by atoms with van der Waals surface area (Å²) in [6.45, 7) is 1.04. The highest BCUT2D eigenvalue weighted by Gasteiger charge is 2.62. The first-order chi connectivity index (χ1) is 54.7. The highest BCUT2D eigenvalue weighted by atomic mass is 16.8. The van der Waals surface area contributed by atoms with Crippen molar-refractivity contribution >= 4 is 17.7 Å². The van der Waals surface area contributed by atoms with Gasteiger partial charge in [0.2, 0.25) is 17.7 Å². The van der Waals surface area contributed by atoms with E-state index in [0.29, 0.717) is 0 Å². The van der Waals surface area contributed by atoms with Crippen LogP contribution in [0.1, 0.15) is 48.5 Å². The molecule has 0 saturated carbocycles. The number of carbonyl (C=O) groups excluding carboxylic acids is 3. The van der Waals surface area contributed by atoms with Crippen molar-refractivity contribution in [1.29, 1.82) is 0 Å². The van der Waals surface area contributed by atoms with E-state index < -0.39 is 364 Å². The van der Waals surface area contributed by atoms with Crippen molar-refractivity contribution in [2.24, 2.45) is 0 Å². The molecule has 672 valence electrons. The van der Waals surface area contributed by atoms with Gasteiger partial charge in [-0.2, -0.15) is 0 Å². The maximum Gasteiger partial charge on any atom is 0.217 e. The largest absolute Gasteiger partial charge is 0.394 e. The molecule has 50 atom stereocenters. The van der Waals surface area contributed by atoms with E-state index in [1.165, 1.54) is 27.7 Å². The summed E-state index contributed by atoms with van der Waals surface area (Å²) in [4.78, 5) is 39.8. The Morgan fingerprint density at radius 1 is 0.241 bits per heavy atom. The summed E-state index contributed by atoms with van der Waals surface area (Å²) in [6.07, 6.45) is -94.6. The van der Waals surface area contributed by atoms with Crippen molar-refractivity contribution in [3.8, 4) is 0 Å². The summed E-state index contributed by atoms with van der Waals surface area (Å²) in [5.41, 5.74) is 0. The molecule has 10 aliphatic rings. The fourth-order valence-corrected chi connectivity index (χ4v) is 15.3. The van der Waals surface area contributed by atoms with Crippen LogP contribution in [0, 0.1) is 0 Å². The Labute approximate surface area is 659 Å². The van der Waals surface area contributed by atoms with E-state index >= 15 is 0 Å². The lowest BCUT2D eigenvalue weighted by molar-refractivity contribution is -0.405. The number of amides is 3. The minimum absolute atomic E-state index is 0.858. The molecule has 10 saturated heterocycles. The number of hydrogen-bond donors (Lipinski definition) is 28. The average molecular weight is 1700 g/mol. The quantitative estimate of drug-likeness (QED) is 0.0363. The van der Waals surface area contributed by atoms with Crippen LogP contribution in [0.15, 0.2) is 0 Å². The Balaban J connectivity index is 0.987. The normalized spacial score (nSPS) is 51.7. The first kappa shape index (κ1) is 94.9. The summed E-state index contributed by atoms with van der Waals surface area (Å²) in [5, 5.41) is 286. The maximum atomic E-state index is 13.7. The highest BCUT2D eigenvalue weighted by Crippen LogP contribution is 2.42. The average Bonchev–Trinajstić information content (AvgIpc) is 0.760. The third-order valence-corrected chi connectivity index (χ3v) is 21.9. The molecule has 0 aliphatic carbocycles. The standard InChI is InChI=1S/C66H111N3O47/c1-14-30(78)39(87)44(92)61(99-14)109-49-25(12-74)108-60(29(69-20(7)77)52(49)112-65-55(43(91)35(83)22(9-71)105-65)115-63-46(94)41(89)32(80)16(3)101-63)113-53-37(85)26(103-57(97)48(53)96)13-98-58-28(68-19(6)76)51(111-62-45(93)40(88)31(79)15(2)100-62)50(24(11-73)107-58)110-66-56(116-64-47(95)42(90)33(81)17(4)102-64)54(36(84)23(10-72)106-66)114-59-27(67-18(5)75)38(86)34(82)21(8-70)104-59/h14-17,21-66,70-74,78-97H,8-13H2,1-7H3,(H,67,75)(H,68,76)(H,69,77)/t14-,15-,16-,17-,21+,22+,23+,24+,25+,26+,27+,28+,29-,30+,31+,32+,33+,34-,35-,36-,37-,38+,39+,40+,41+,42+,43-,44-,45-,46-,47-,48+,49+,50+,51+,52+,53-,54-,55+,56+,57?,58+,59+,60-,61-,62-,63-,64-,65-,66-/m0/s1. The number of hydrogen-bond acceptors (Lipinski definition) is 47. The summed E-state index contributed by atoms with van der Waals surface area (Å²) in [6, 6.07) is -5.81. The first-order valence-corrected chi connectivity index (χ1v) is 37.6. The van der Waals surface area contributed by atoms with Gasteiger partial charge in [0.25, 0.3) is 0 Å². The molecule has 10 fully saturated rings. The molecule has 28 N–H and O–H groups in total. The van der Waals surface area contributed by atoms with E-state index in [0.717, 1.165) is 20.8 Å². The van der Waals surface area contributed by atoms with E-state index in [9.17, 15) is 142 Å². The van der Waals surface area contributed by atoms with Gasteiger partial charge in [-0.25, -0.2) is 0 Å². The topological polar surface area (TPSA) is 768 Å². The van der Waals surface area contributed by atoms with Gasteiger partial charge in [0.05, 0.1) is 64.1 Å². The van der Waals surface area contributed by atoms with Crippen molar-refractivity contribution in [3.05, 3.63) is 0 Å². The Morgan fingerprint density at radius 3 is 0.957 bits per heavy atom. The lowest BCUT2D eigenvalue weighted by atomic mass is 9.93. The van der Waals surface area contributed by atoms with Crippen LogP contribution < -0.4 is 16.0 Å². The second-order valence-electron chi connectivity index (χ2n) is 30.2. The van der Waals surface area contributed by atoms with Crippen LogP contribution in [-0.2, 0) is 104 Å². The van der Waals surface area contributed by atoms with E-state index in [1.807, 2.05) is 0 Å². The molecule has 10 rings (SSSR count). The number of ether oxygens (including phenoxy) is 19. The van der Waals surface area contributed by atoms with Gasteiger partial charge < -0.3 is 234 Å². The Hall–Kier alpha value is -3.35. The number of carbonyl (C=O) groups is 3. The molecule has 1 unspecified atom stereocenters. The summed E-state index contributed by atoms with van der Waals surface area (Å²) in [7, 11) is 0. The van der Waals surface area contributed by atoms with Crippen LogP contribution in [0.25, 0.3) is 0 Å². The van der Waals surface area contributed by atoms with E-state index in [2.05, 4.69) is 16.0 Å². The Kier molecular flexibility index (Phi) is 33.2. The van der Waals surface area contributed by atoms with Crippen LogP contribution in [-0.4, -0.2) is 492 Å². The van der Waals surface area contributed by atoms with Crippen molar-refractivity contribution in [1.82, 2.24) is 16.0 Å². The zero-order valence-electron chi connectivity index (χ0n) is 63.3. The lowest BCUT2D eigenvalue weighted by Gasteiger charge is -2.52. The van der Waals surface area contributed by atoms with Gasteiger partial charge in [-0.1, -0.05) is 0 Å². The van der Waals surface area contributed by atoms with Gasteiger partial charge >= 0.3 is 0 Å². The molecular formula is C66H111N3O47. The second-order valence-corrected chi connectivity index (χ2v) is 30.2. The molecule has 0 spiro atoms. The first-order valence-electron chi connectivity index (χ1n) is 37.6. The monoisotopic (exact) mass is 1700 g/mol. The summed E-state index contributed by atoms with van der Waals surface area (Å²) >= 11 is 0. The number of aliphatic hydroxyl groups is 25. The number of rotatable bonds is 27. The molecule has 10 heterocycles. The zero-order chi connectivity index (χ0) is 85.4. The molecule has 3 amide bonds. The number of nitrogens with one attached hydrogen (secondary N) is 3. The molecule has 0 radical (unpaired) electrons. The molecule has 50 heteroatoms. The minimum atomic E-state index is -2.46. The van der Waals surface area contributed by atoms with Crippen LogP contribution in [0.2, 0.25) is 0 Å². The molecule has 10 aliphatic heterocycles. The SMILES string of the molecule is CC(=O)N[C@@H]1[C@H](O[C@H]2[C@@H](O)[C@@H](CO[C@@H]3O[C@H](CO)[C@@H](O[C@@H]4O[C@H](CO)[C@H](O)[C@H](O[C@H]5O[C@H](CO)[C@H](O)[C@H](O)[C@H]5NC(C)=O)[C@H]4O[C@@H]4O[C@@H](C)[C@@H](O)[C@@H](O)[C@@H]4O)[C@H](O[C@@H]4O[C@@H](C)[C@@H](O)[C@@H](O)[C@@H]4O)[C@H]3NC(C)=O)OC(O)[C@@H]2O)O[C@H](CO)[C@@H](O[C@@H]2O[C@@H](C)[C@@H](O)[C@@H](O)[C@@H]2O)[C@@H]1O[C@@H]1O[C@H](CO)[C@H](O)[C@H](O)[C@H]1O[C@@H]1O[C@@H](C)[C@@H](O)[C@@H](O)[C@@H]1O. The highest BCUT2D eigenvalue weighted by molar-refractivity contribution is 5.74. The van der Waals surface area contributed by atoms with Gasteiger partial charge in [-0.05, 0) is 27.7 Å². The van der Waals surface area contributed by atoms with Crippen molar-refractivity contribution < 1.29 is 232 Å². The summed E-state index contributed by atoms with van der Waals surface area (Å²) in [5.74, 6) is -2.85. The smallest absolute Gasteiger partial charge is 0.217 e. The van der Waals surface area contributed by atoms with Gasteiger partial charge in [0.15, 0.2) is 62.9 Å². The van der Waals surface area contributed by atoms with Gasteiger partial charge in [0, 0.05) is 20.8 Å². The Bertz CT molecular complexity index is 3100. The van der Waals surface area contributed by atoms with Crippen molar-refractivity contribution in [2.45, 2.75) is 355 Å². The molecular weight excluding hydrogens is 1590 g/mol. The third-order valence-electron chi connectivity index (χ3n) is 21.9. The number of aliphatic hydroxyl groups excluding tert-OH is 25. The molecule has 0 bridgehead atoms. The second kappa shape index (κ2) is 40.5. The van der Waals surface area contributed by atoms with Crippen LogP contribution >= 0.6 is 0 Å². The lowest BCUT2D eigenvalue weighted by Crippen LogP contribution is -2.71. The van der Waals surface area contributed by atoms with Gasteiger partial charge in [-0.3, -0.25) is 14.4 Å².